The first-order valence-corrected chi connectivity index (χ1v) is 4.16. The van der Waals surface area contributed by atoms with Crippen molar-refractivity contribution in [2.45, 2.75) is 0 Å². The van der Waals surface area contributed by atoms with Gasteiger partial charge in [-0.25, -0.2) is 0 Å². The van der Waals surface area contributed by atoms with Crippen LogP contribution in [0.1, 0.15) is 0 Å². The molecule has 0 amide bonds. The van der Waals surface area contributed by atoms with Crippen molar-refractivity contribution in [1.29, 1.82) is 5.39 Å². The Labute approximate surface area is 115 Å². The van der Waals surface area contributed by atoms with Crippen LogP contribution in [0.2, 0.25) is 0 Å². The van der Waals surface area contributed by atoms with E-state index in [0.717, 1.165) is 0 Å². The summed E-state index contributed by atoms with van der Waals surface area (Å²) >= 11 is 0. The first-order valence-electron chi connectivity index (χ1n) is 4.16. The average Bonchev–Trinajstić information content (AvgIpc) is 2.33. The number of nitrogens with zero attached hydrogens (tertiary/aromatic N) is 2. The number of hydrogen-bond donors (Lipinski definition) is 0. The van der Waals surface area contributed by atoms with Crippen LogP contribution in [0.4, 0.5) is 5.69 Å². The summed E-state index contributed by atoms with van der Waals surface area (Å²) in [6, 6.07) is 22.0. The standard InChI is InChI=1S/C6H4N2.C6H5.Y/c7-8-6-4-2-1-3-5-6;1-2-4-6-5-3-1;/h2-5H;1-5H;/q;-1;. The van der Waals surface area contributed by atoms with Crippen LogP contribution in [0.15, 0.2) is 54.6 Å². The minimum absolute atomic E-state index is 0. The van der Waals surface area contributed by atoms with E-state index in [1.165, 1.54) is 0 Å². The Morgan fingerprint density at radius 3 is 1.67 bits per heavy atom. The zero-order valence-electron chi connectivity index (χ0n) is 8.17. The Kier molecular flexibility index (Phi) is 8.86. The maximum atomic E-state index is 8.15. The van der Waals surface area contributed by atoms with Crippen molar-refractivity contribution in [3.63, 3.8) is 0 Å². The molecule has 0 spiro atoms. The third-order valence-corrected chi connectivity index (χ3v) is 1.42. The molecule has 0 aromatic heterocycles. The molecule has 2 aromatic carbocycles. The third-order valence-electron chi connectivity index (χ3n) is 1.42. The minimum atomic E-state index is 0. The van der Waals surface area contributed by atoms with Gasteiger partial charge in [-0.15, -0.1) is 0 Å². The monoisotopic (exact) mass is 270 g/mol. The molecule has 0 aliphatic rings. The van der Waals surface area contributed by atoms with Gasteiger partial charge >= 0.3 is 0 Å². The van der Waals surface area contributed by atoms with Gasteiger partial charge < -0.3 is 0 Å². The second-order valence-corrected chi connectivity index (χ2v) is 2.44. The molecule has 2 rings (SSSR count). The van der Waals surface area contributed by atoms with Crippen molar-refractivity contribution in [3.05, 3.63) is 71.7 Å². The van der Waals surface area contributed by atoms with E-state index in [2.05, 4.69) is 17.1 Å². The van der Waals surface area contributed by atoms with Crippen molar-refractivity contribution in [2.75, 3.05) is 0 Å². The number of diazo groups is 1. The quantitative estimate of drug-likeness (QED) is 0.532. The predicted octanol–water partition coefficient (Wildman–Crippen LogP) is 3.46. The van der Waals surface area contributed by atoms with E-state index < -0.39 is 0 Å². The first kappa shape index (κ1) is 14.0. The van der Waals surface area contributed by atoms with Crippen LogP contribution in [0.3, 0.4) is 0 Å². The molecular weight excluding hydrogens is 261 g/mol. The fourth-order valence-corrected chi connectivity index (χ4v) is 0.787. The molecule has 0 saturated heterocycles. The Balaban J connectivity index is 0.000000253. The van der Waals surface area contributed by atoms with Gasteiger partial charge in [-0.1, -0.05) is 12.1 Å². The molecule has 0 saturated carbocycles. The van der Waals surface area contributed by atoms with Gasteiger partial charge in [0.15, 0.2) is 0 Å². The Morgan fingerprint density at radius 1 is 0.867 bits per heavy atom. The van der Waals surface area contributed by atoms with E-state index in [4.69, 9.17) is 5.39 Å². The minimum Gasteiger partial charge on any atom is -0.184 e. The zero-order chi connectivity index (χ0) is 10.1. The zero-order valence-corrected chi connectivity index (χ0v) is 11.0. The first-order chi connectivity index (χ1) is 6.93. The number of hydrogen-bond acceptors (Lipinski definition) is 1. The van der Waals surface area contributed by atoms with Crippen molar-refractivity contribution in [2.24, 2.45) is 0 Å². The number of rotatable bonds is 0. The average molecular weight is 270 g/mol. The maximum Gasteiger partial charge on any atom is 0.283 e. The molecule has 3 heteroatoms. The van der Waals surface area contributed by atoms with Crippen LogP contribution < -0.4 is 0 Å². The van der Waals surface area contributed by atoms with Crippen molar-refractivity contribution < 1.29 is 32.7 Å². The third kappa shape index (κ3) is 6.96. The molecule has 15 heavy (non-hydrogen) atoms. The van der Waals surface area contributed by atoms with Crippen LogP contribution in [-0.4, -0.2) is 0 Å². The molecule has 0 fully saturated rings. The molecule has 0 atom stereocenters. The van der Waals surface area contributed by atoms with Crippen molar-refractivity contribution in [1.82, 2.24) is 0 Å². The second-order valence-electron chi connectivity index (χ2n) is 2.44. The van der Waals surface area contributed by atoms with Crippen LogP contribution >= 0.6 is 0 Å². The van der Waals surface area contributed by atoms with Crippen molar-refractivity contribution in [3.8, 4) is 0 Å². The fraction of sp³-hybridized carbons (Fsp3) is 0. The Hall–Kier alpha value is -1.04. The summed E-state index contributed by atoms with van der Waals surface area (Å²) < 4.78 is 0. The molecule has 0 heterocycles. The van der Waals surface area contributed by atoms with Gasteiger partial charge in [0.2, 0.25) is 5.39 Å². The van der Waals surface area contributed by atoms with Crippen LogP contribution in [0.25, 0.3) is 4.98 Å². The normalized spacial score (nSPS) is 7.40. The molecule has 2 aromatic rings. The molecule has 0 aliphatic heterocycles. The van der Waals surface area contributed by atoms with E-state index in [1.54, 1.807) is 24.3 Å². The van der Waals surface area contributed by atoms with E-state index in [0.29, 0.717) is 5.69 Å². The van der Waals surface area contributed by atoms with Gasteiger partial charge in [0.25, 0.3) is 5.69 Å². The van der Waals surface area contributed by atoms with Gasteiger partial charge in [-0.3, -0.25) is 0 Å². The molecule has 0 bridgehead atoms. The summed E-state index contributed by atoms with van der Waals surface area (Å²) in [4.78, 5) is 2.95. The second kappa shape index (κ2) is 9.52. The molecule has 2 nitrogen and oxygen atoms in total. The SMILES string of the molecule is N#[N+]c1cc[c-]cc1.[Y].[c-]1ccccc1. The molecule has 0 unspecified atom stereocenters. The van der Waals surface area contributed by atoms with E-state index in [1.807, 2.05) is 30.3 Å². The molecule has 0 N–H and O–H groups in total. The number of benzene rings is 2. The maximum absolute atomic E-state index is 8.15. The largest absolute Gasteiger partial charge is 0.283 e. The van der Waals surface area contributed by atoms with Crippen LogP contribution in [0.5, 0.6) is 0 Å². The summed E-state index contributed by atoms with van der Waals surface area (Å²) in [5, 5.41) is 8.15. The van der Waals surface area contributed by atoms with E-state index in [9.17, 15) is 0 Å². The summed E-state index contributed by atoms with van der Waals surface area (Å²) in [6.07, 6.45) is 0. The smallest absolute Gasteiger partial charge is 0.184 e. The van der Waals surface area contributed by atoms with E-state index >= 15 is 0 Å². The van der Waals surface area contributed by atoms with Crippen LogP contribution in [0, 0.1) is 17.5 Å². The fourth-order valence-electron chi connectivity index (χ4n) is 0.787. The van der Waals surface area contributed by atoms with Crippen LogP contribution in [-0.2, 0) is 32.7 Å². The molecular formula is C12H9N2Y-. The summed E-state index contributed by atoms with van der Waals surface area (Å²) in [7, 11) is 0. The van der Waals surface area contributed by atoms with E-state index in [-0.39, 0.29) is 32.7 Å². The van der Waals surface area contributed by atoms with Crippen molar-refractivity contribution >= 4 is 5.69 Å². The summed E-state index contributed by atoms with van der Waals surface area (Å²) in [5.74, 6) is 0. The summed E-state index contributed by atoms with van der Waals surface area (Å²) in [6.45, 7) is 0. The van der Waals surface area contributed by atoms with Gasteiger partial charge in [-0.2, -0.15) is 54.6 Å². The predicted molar refractivity (Wildman–Crippen MR) is 55.3 cm³/mol. The van der Waals surface area contributed by atoms with Gasteiger partial charge in [0.1, 0.15) is 4.98 Å². The van der Waals surface area contributed by atoms with Gasteiger partial charge in [0, 0.05) is 32.7 Å². The van der Waals surface area contributed by atoms with Gasteiger partial charge in [-0.05, 0) is 0 Å². The molecule has 71 valence electrons. The molecule has 1 radical (unpaired) electrons. The Morgan fingerprint density at radius 2 is 1.40 bits per heavy atom. The Bertz CT molecular complexity index is 355. The molecule has 0 aliphatic carbocycles. The van der Waals surface area contributed by atoms with Gasteiger partial charge in [0.05, 0.1) is 0 Å². The topological polar surface area (TPSA) is 28.1 Å². The summed E-state index contributed by atoms with van der Waals surface area (Å²) in [5.41, 5.74) is 0.559.